The van der Waals surface area contributed by atoms with Gasteiger partial charge in [-0.25, -0.2) is 0 Å². The monoisotopic (exact) mass is 497 g/mol. The van der Waals surface area contributed by atoms with E-state index in [1.807, 2.05) is 74.6 Å². The second-order valence-electron chi connectivity index (χ2n) is 9.59. The molecule has 1 aliphatic heterocycles. The molecule has 4 aromatic rings. The molecule has 37 heavy (non-hydrogen) atoms. The molecule has 0 saturated heterocycles. The fourth-order valence-corrected chi connectivity index (χ4v) is 4.87. The van der Waals surface area contributed by atoms with Crippen molar-refractivity contribution in [2.75, 3.05) is 19.0 Å². The van der Waals surface area contributed by atoms with E-state index in [1.165, 1.54) is 0 Å². The number of fused-ring (bicyclic) bond motifs is 2. The number of nitrogens with zero attached hydrogens (tertiary/aromatic N) is 1. The third-order valence-electron chi connectivity index (χ3n) is 6.80. The van der Waals surface area contributed by atoms with Gasteiger partial charge in [0, 0.05) is 41.0 Å². The zero-order valence-electron chi connectivity index (χ0n) is 21.2. The van der Waals surface area contributed by atoms with Gasteiger partial charge < -0.3 is 24.7 Å². The fourth-order valence-electron chi connectivity index (χ4n) is 4.87. The van der Waals surface area contributed by atoms with Gasteiger partial charge in [-0.1, -0.05) is 50.2 Å². The van der Waals surface area contributed by atoms with Gasteiger partial charge in [0.05, 0.1) is 7.11 Å². The summed E-state index contributed by atoms with van der Waals surface area (Å²) in [4.78, 5) is 32.8. The number of rotatable bonds is 7. The molecule has 190 valence electrons. The van der Waals surface area contributed by atoms with Gasteiger partial charge in [0.2, 0.25) is 0 Å². The van der Waals surface area contributed by atoms with Crippen molar-refractivity contribution in [1.29, 1.82) is 0 Å². The van der Waals surface area contributed by atoms with E-state index in [0.717, 1.165) is 16.5 Å². The highest BCUT2D eigenvalue weighted by molar-refractivity contribution is 5.99. The molecule has 0 bridgehead atoms. The van der Waals surface area contributed by atoms with Crippen LogP contribution in [0.2, 0.25) is 0 Å². The van der Waals surface area contributed by atoms with Crippen LogP contribution in [0.4, 0.5) is 5.69 Å². The molecule has 0 radical (unpaired) electrons. The summed E-state index contributed by atoms with van der Waals surface area (Å²) in [7, 11) is 1.58. The Hall–Kier alpha value is -4.26. The molecule has 5 rings (SSSR count). The van der Waals surface area contributed by atoms with Gasteiger partial charge in [0.1, 0.15) is 17.5 Å². The minimum absolute atomic E-state index is 0.0990. The molecule has 1 aliphatic rings. The number of amides is 2. The lowest BCUT2D eigenvalue weighted by atomic mass is 10.0. The SMILES string of the molecule is COc1ccc2c(c1)OC(C(C)C)C(=O)N(CCc1c[nH]c3ccccc13)C2C(=O)Nc1ccccc1. The molecule has 0 spiro atoms. The van der Waals surface area contributed by atoms with Crippen LogP contribution in [0, 0.1) is 5.92 Å². The van der Waals surface area contributed by atoms with E-state index in [-0.39, 0.29) is 17.7 Å². The molecule has 2 atom stereocenters. The van der Waals surface area contributed by atoms with Crippen LogP contribution in [0.15, 0.2) is 79.0 Å². The Morgan fingerprint density at radius 3 is 2.59 bits per heavy atom. The van der Waals surface area contributed by atoms with Crippen LogP contribution < -0.4 is 14.8 Å². The number of carbonyl (C=O) groups is 2. The van der Waals surface area contributed by atoms with Crippen molar-refractivity contribution in [2.24, 2.45) is 5.92 Å². The lowest BCUT2D eigenvalue weighted by molar-refractivity contribution is -0.145. The molecule has 0 saturated carbocycles. The zero-order chi connectivity index (χ0) is 25.9. The summed E-state index contributed by atoms with van der Waals surface area (Å²) in [5, 5.41) is 4.11. The van der Waals surface area contributed by atoms with Crippen LogP contribution >= 0.6 is 0 Å². The highest BCUT2D eigenvalue weighted by Crippen LogP contribution is 2.39. The average molecular weight is 498 g/mol. The van der Waals surface area contributed by atoms with Gasteiger partial charge in [-0.05, 0) is 48.2 Å². The van der Waals surface area contributed by atoms with Crippen molar-refractivity contribution in [1.82, 2.24) is 9.88 Å². The number of nitrogens with one attached hydrogen (secondary N) is 2. The topological polar surface area (TPSA) is 83.7 Å². The van der Waals surface area contributed by atoms with E-state index in [2.05, 4.69) is 16.4 Å². The third kappa shape index (κ3) is 4.89. The largest absolute Gasteiger partial charge is 0.497 e. The standard InChI is InChI=1S/C30H31N3O4/c1-19(2)28-30(35)33(16-15-20-18-31-25-12-8-7-11-23(20)25)27(29(34)32-21-9-5-4-6-10-21)24-14-13-22(36-3)17-26(24)37-28/h4-14,17-19,27-28,31H,15-16H2,1-3H3,(H,32,34). The fraction of sp³-hybridized carbons (Fsp3) is 0.267. The highest BCUT2D eigenvalue weighted by atomic mass is 16.5. The Balaban J connectivity index is 1.56. The highest BCUT2D eigenvalue weighted by Gasteiger charge is 2.42. The molecule has 2 amide bonds. The number of ether oxygens (including phenoxy) is 2. The van der Waals surface area contributed by atoms with E-state index in [4.69, 9.17) is 9.47 Å². The van der Waals surface area contributed by atoms with Gasteiger partial charge in [0.15, 0.2) is 6.10 Å². The first-order valence-corrected chi connectivity index (χ1v) is 12.5. The summed E-state index contributed by atoms with van der Waals surface area (Å²) in [6, 6.07) is 21.8. The van der Waals surface area contributed by atoms with Crippen LogP contribution in [0.1, 0.15) is 31.0 Å². The molecule has 1 aromatic heterocycles. The number of hydrogen-bond acceptors (Lipinski definition) is 4. The van der Waals surface area contributed by atoms with E-state index in [0.29, 0.717) is 35.7 Å². The van der Waals surface area contributed by atoms with Gasteiger partial charge in [-0.15, -0.1) is 0 Å². The molecular formula is C30H31N3O4. The van der Waals surface area contributed by atoms with Crippen LogP contribution in [0.3, 0.4) is 0 Å². The lowest BCUT2D eigenvalue weighted by Crippen LogP contribution is -2.47. The van der Waals surface area contributed by atoms with Crippen molar-refractivity contribution in [3.8, 4) is 11.5 Å². The number of methoxy groups -OCH3 is 1. The number of aromatic nitrogens is 1. The Kier molecular flexibility index (Phi) is 6.86. The molecule has 2 heterocycles. The summed E-state index contributed by atoms with van der Waals surface area (Å²) < 4.78 is 11.7. The number of para-hydroxylation sites is 2. The van der Waals surface area contributed by atoms with Gasteiger partial charge in [0.25, 0.3) is 11.8 Å². The Bertz CT molecular complexity index is 1410. The quantitative estimate of drug-likeness (QED) is 0.361. The molecular weight excluding hydrogens is 466 g/mol. The van der Waals surface area contributed by atoms with Crippen molar-refractivity contribution < 1.29 is 19.1 Å². The smallest absolute Gasteiger partial charge is 0.264 e. The molecule has 7 nitrogen and oxygen atoms in total. The normalized spacial score (nSPS) is 17.3. The summed E-state index contributed by atoms with van der Waals surface area (Å²) in [6.07, 6.45) is 1.82. The van der Waals surface area contributed by atoms with Crippen LogP contribution in [0.5, 0.6) is 11.5 Å². The second-order valence-corrected chi connectivity index (χ2v) is 9.59. The minimum atomic E-state index is -0.873. The first-order valence-electron chi connectivity index (χ1n) is 12.5. The number of anilines is 1. The van der Waals surface area contributed by atoms with Crippen molar-refractivity contribution in [2.45, 2.75) is 32.4 Å². The van der Waals surface area contributed by atoms with Crippen LogP contribution in [-0.2, 0) is 16.0 Å². The maximum atomic E-state index is 14.0. The third-order valence-corrected chi connectivity index (χ3v) is 6.80. The number of H-pyrrole nitrogens is 1. The number of aromatic amines is 1. The number of hydrogen-bond donors (Lipinski definition) is 2. The lowest BCUT2D eigenvalue weighted by Gasteiger charge is -2.31. The summed E-state index contributed by atoms with van der Waals surface area (Å²) in [6.45, 7) is 4.25. The van der Waals surface area contributed by atoms with Gasteiger partial charge in [-0.2, -0.15) is 0 Å². The molecule has 0 fully saturated rings. The van der Waals surface area contributed by atoms with Crippen LogP contribution in [-0.4, -0.2) is 41.5 Å². The molecule has 2 unspecified atom stereocenters. The summed E-state index contributed by atoms with van der Waals surface area (Å²) in [5.74, 6) is 0.478. The van der Waals surface area contributed by atoms with Crippen LogP contribution in [0.25, 0.3) is 10.9 Å². The predicted molar refractivity (Wildman–Crippen MR) is 144 cm³/mol. The summed E-state index contributed by atoms with van der Waals surface area (Å²) >= 11 is 0. The Morgan fingerprint density at radius 1 is 1.08 bits per heavy atom. The average Bonchev–Trinajstić information content (AvgIpc) is 3.27. The van der Waals surface area contributed by atoms with Crippen molar-refractivity contribution in [3.63, 3.8) is 0 Å². The van der Waals surface area contributed by atoms with E-state index >= 15 is 0 Å². The van der Waals surface area contributed by atoms with E-state index in [1.54, 1.807) is 24.1 Å². The second kappa shape index (κ2) is 10.4. The first-order chi connectivity index (χ1) is 18.0. The molecule has 0 aliphatic carbocycles. The van der Waals surface area contributed by atoms with Gasteiger partial charge in [-0.3, -0.25) is 9.59 Å². The van der Waals surface area contributed by atoms with Gasteiger partial charge >= 0.3 is 0 Å². The number of benzene rings is 3. The Morgan fingerprint density at radius 2 is 1.84 bits per heavy atom. The molecule has 2 N–H and O–H groups in total. The predicted octanol–water partition coefficient (Wildman–Crippen LogP) is 5.34. The maximum Gasteiger partial charge on any atom is 0.264 e. The van der Waals surface area contributed by atoms with Crippen molar-refractivity contribution in [3.05, 3.63) is 90.1 Å². The molecule has 7 heteroatoms. The Labute approximate surface area is 216 Å². The van der Waals surface area contributed by atoms with Crippen molar-refractivity contribution >= 4 is 28.4 Å². The zero-order valence-corrected chi connectivity index (χ0v) is 21.2. The maximum absolute atomic E-state index is 14.0. The summed E-state index contributed by atoms with van der Waals surface area (Å²) in [5.41, 5.74) is 3.42. The van der Waals surface area contributed by atoms with E-state index < -0.39 is 12.1 Å². The molecule has 3 aromatic carbocycles. The number of carbonyl (C=O) groups excluding carboxylic acids is 2. The first kappa shape index (κ1) is 24.4. The minimum Gasteiger partial charge on any atom is -0.497 e. The van der Waals surface area contributed by atoms with E-state index in [9.17, 15) is 9.59 Å².